The van der Waals surface area contributed by atoms with Crippen molar-refractivity contribution < 1.29 is 9.21 Å². The minimum absolute atomic E-state index is 0.000542. The van der Waals surface area contributed by atoms with Crippen molar-refractivity contribution in [3.8, 4) is 11.6 Å². The van der Waals surface area contributed by atoms with Gasteiger partial charge in [0.2, 0.25) is 11.7 Å². The summed E-state index contributed by atoms with van der Waals surface area (Å²) in [5, 5.41) is 12.4. The Morgan fingerprint density at radius 1 is 1.38 bits per heavy atom. The molecule has 2 heterocycles. The number of fused-ring (bicyclic) bond motifs is 1. The number of hydrogen-bond donors (Lipinski definition) is 1. The Kier molecular flexibility index (Phi) is 5.85. The molecule has 4 rings (SSSR count). The van der Waals surface area contributed by atoms with E-state index in [1.54, 1.807) is 12.3 Å². The van der Waals surface area contributed by atoms with Gasteiger partial charge < -0.3 is 9.73 Å². The number of nitrogens with one attached hydrogen (secondary N) is 1. The van der Waals surface area contributed by atoms with E-state index in [1.165, 1.54) is 22.9 Å². The smallest absolute Gasteiger partial charge is 0.230 e. The van der Waals surface area contributed by atoms with E-state index >= 15 is 0 Å². The van der Waals surface area contributed by atoms with Gasteiger partial charge in [-0.1, -0.05) is 42.1 Å². The van der Waals surface area contributed by atoms with Gasteiger partial charge >= 0.3 is 0 Å². The zero-order valence-electron chi connectivity index (χ0n) is 16.4. The van der Waals surface area contributed by atoms with Crippen LogP contribution in [0, 0.1) is 6.92 Å². The summed E-state index contributed by atoms with van der Waals surface area (Å²) in [7, 11) is 0. The molecule has 0 saturated heterocycles. The van der Waals surface area contributed by atoms with E-state index < -0.39 is 0 Å². The minimum Gasteiger partial charge on any atom is -0.461 e. The summed E-state index contributed by atoms with van der Waals surface area (Å²) in [6.07, 6.45) is 6.57. The molecule has 1 aliphatic rings. The number of carbonyl (C=O) groups excluding carboxylic acids is 1. The molecule has 150 valence electrons. The number of thioether (sulfide) groups is 1. The normalized spacial score (nSPS) is 15.7. The predicted octanol–water partition coefficient (Wildman–Crippen LogP) is 4.32. The van der Waals surface area contributed by atoms with Crippen molar-refractivity contribution in [2.75, 3.05) is 5.75 Å². The van der Waals surface area contributed by atoms with Crippen molar-refractivity contribution in [2.45, 2.75) is 43.9 Å². The van der Waals surface area contributed by atoms with Gasteiger partial charge in [-0.25, -0.2) is 0 Å². The van der Waals surface area contributed by atoms with E-state index in [-0.39, 0.29) is 17.7 Å². The summed E-state index contributed by atoms with van der Waals surface area (Å²) < 4.78 is 7.49. The first kappa shape index (κ1) is 19.5. The Labute approximate surface area is 174 Å². The lowest BCUT2D eigenvalue weighted by atomic mass is 9.88. The van der Waals surface area contributed by atoms with Gasteiger partial charge in [-0.2, -0.15) is 0 Å². The molecule has 1 amide bonds. The van der Waals surface area contributed by atoms with Crippen LogP contribution in [0.5, 0.6) is 0 Å². The van der Waals surface area contributed by atoms with Crippen LogP contribution < -0.4 is 5.32 Å². The van der Waals surface area contributed by atoms with Crippen LogP contribution in [0.25, 0.3) is 11.6 Å². The fourth-order valence-corrected chi connectivity index (χ4v) is 4.49. The van der Waals surface area contributed by atoms with Crippen LogP contribution in [-0.4, -0.2) is 26.4 Å². The molecule has 7 heteroatoms. The van der Waals surface area contributed by atoms with Crippen LogP contribution in [0.2, 0.25) is 0 Å². The maximum absolute atomic E-state index is 12.6. The van der Waals surface area contributed by atoms with E-state index in [1.807, 2.05) is 23.6 Å². The summed E-state index contributed by atoms with van der Waals surface area (Å²) >= 11 is 1.38. The lowest BCUT2D eigenvalue weighted by Crippen LogP contribution is -2.32. The number of amides is 1. The zero-order chi connectivity index (χ0) is 20.2. The molecule has 0 radical (unpaired) electrons. The van der Waals surface area contributed by atoms with Gasteiger partial charge in [0.15, 0.2) is 10.9 Å². The van der Waals surface area contributed by atoms with Crippen molar-refractivity contribution >= 4 is 17.7 Å². The van der Waals surface area contributed by atoms with Gasteiger partial charge in [0.05, 0.1) is 18.1 Å². The number of allylic oxidation sites excluding steroid dienone is 1. The standard InChI is InChI=1S/C22H24N4O2S/c1-3-12-26-21(20-15(2)11-13-28-20)24-25-22(26)29-14-19(27)23-18-10-6-8-16-7-4-5-9-17(16)18/h3-5,7,9,11,13,18H,1,6,8,10,12,14H2,2H3,(H,23,27)/t18-/m1/s1. The summed E-state index contributed by atoms with van der Waals surface area (Å²) in [5.41, 5.74) is 3.57. The van der Waals surface area contributed by atoms with Crippen LogP contribution in [0.4, 0.5) is 0 Å². The molecule has 6 nitrogen and oxygen atoms in total. The second kappa shape index (κ2) is 8.69. The first-order valence-corrected chi connectivity index (χ1v) is 10.7. The number of rotatable bonds is 7. The highest BCUT2D eigenvalue weighted by molar-refractivity contribution is 7.99. The fourth-order valence-electron chi connectivity index (χ4n) is 3.73. The molecule has 0 unspecified atom stereocenters. The Morgan fingerprint density at radius 2 is 2.24 bits per heavy atom. The van der Waals surface area contributed by atoms with Crippen molar-refractivity contribution in [2.24, 2.45) is 0 Å². The minimum atomic E-state index is 0.000542. The summed E-state index contributed by atoms with van der Waals surface area (Å²) in [4.78, 5) is 12.6. The molecular weight excluding hydrogens is 384 g/mol. The molecule has 3 aromatic rings. The molecule has 1 aliphatic carbocycles. The molecule has 0 fully saturated rings. The van der Waals surface area contributed by atoms with Crippen LogP contribution in [0.1, 0.15) is 35.6 Å². The number of furan rings is 1. The van der Waals surface area contributed by atoms with Gasteiger partial charge in [0.25, 0.3) is 0 Å². The Balaban J connectivity index is 1.44. The Hall–Kier alpha value is -2.80. The quantitative estimate of drug-likeness (QED) is 0.466. The van der Waals surface area contributed by atoms with Gasteiger partial charge in [-0.05, 0) is 48.9 Å². The molecule has 1 atom stereocenters. The third-order valence-corrected chi connectivity index (χ3v) is 6.10. The first-order valence-electron chi connectivity index (χ1n) is 9.76. The van der Waals surface area contributed by atoms with Gasteiger partial charge in [-0.3, -0.25) is 9.36 Å². The summed E-state index contributed by atoms with van der Waals surface area (Å²) in [6.45, 7) is 6.33. The average Bonchev–Trinajstić information content (AvgIpc) is 3.32. The molecular formula is C22H24N4O2S. The van der Waals surface area contributed by atoms with Gasteiger partial charge in [0, 0.05) is 6.54 Å². The fraction of sp³-hybridized carbons (Fsp3) is 0.318. The lowest BCUT2D eigenvalue weighted by Gasteiger charge is -2.26. The highest BCUT2D eigenvalue weighted by Gasteiger charge is 2.22. The van der Waals surface area contributed by atoms with E-state index in [0.29, 0.717) is 23.3 Å². The molecule has 0 spiro atoms. The number of carbonyl (C=O) groups is 1. The lowest BCUT2D eigenvalue weighted by molar-refractivity contribution is -0.119. The number of benzene rings is 1. The third-order valence-electron chi connectivity index (χ3n) is 5.13. The molecule has 1 N–H and O–H groups in total. The van der Waals surface area contributed by atoms with Crippen molar-refractivity contribution in [1.29, 1.82) is 0 Å². The average molecular weight is 409 g/mol. The molecule has 29 heavy (non-hydrogen) atoms. The maximum atomic E-state index is 12.6. The van der Waals surface area contributed by atoms with Crippen molar-refractivity contribution in [3.63, 3.8) is 0 Å². The molecule has 0 saturated carbocycles. The topological polar surface area (TPSA) is 73.0 Å². The highest BCUT2D eigenvalue weighted by atomic mass is 32.2. The monoisotopic (exact) mass is 408 g/mol. The molecule has 0 bridgehead atoms. The van der Waals surface area contributed by atoms with Crippen LogP contribution in [0.15, 0.2) is 58.8 Å². The van der Waals surface area contributed by atoms with Crippen LogP contribution >= 0.6 is 11.8 Å². The molecule has 0 aliphatic heterocycles. The first-order chi connectivity index (χ1) is 14.2. The van der Waals surface area contributed by atoms with Crippen LogP contribution in [-0.2, 0) is 17.8 Å². The van der Waals surface area contributed by atoms with Gasteiger partial charge in [-0.15, -0.1) is 16.8 Å². The van der Waals surface area contributed by atoms with E-state index in [4.69, 9.17) is 4.42 Å². The Bertz CT molecular complexity index is 1020. The summed E-state index contributed by atoms with van der Waals surface area (Å²) in [6, 6.07) is 10.3. The number of nitrogens with zero attached hydrogens (tertiary/aromatic N) is 3. The van der Waals surface area contributed by atoms with Gasteiger partial charge in [0.1, 0.15) is 0 Å². The largest absolute Gasteiger partial charge is 0.461 e. The van der Waals surface area contributed by atoms with Crippen LogP contribution in [0.3, 0.4) is 0 Å². The summed E-state index contributed by atoms with van der Waals surface area (Å²) in [5.74, 6) is 1.62. The second-order valence-electron chi connectivity index (χ2n) is 7.14. The van der Waals surface area contributed by atoms with E-state index in [2.05, 4.69) is 40.3 Å². The van der Waals surface area contributed by atoms with E-state index in [9.17, 15) is 4.79 Å². The predicted molar refractivity (Wildman–Crippen MR) is 114 cm³/mol. The van der Waals surface area contributed by atoms with Crippen molar-refractivity contribution in [1.82, 2.24) is 20.1 Å². The third kappa shape index (κ3) is 4.15. The molecule has 2 aromatic heterocycles. The van der Waals surface area contributed by atoms with Crippen molar-refractivity contribution in [3.05, 3.63) is 65.9 Å². The zero-order valence-corrected chi connectivity index (χ0v) is 17.2. The Morgan fingerprint density at radius 3 is 3.03 bits per heavy atom. The second-order valence-corrected chi connectivity index (χ2v) is 8.08. The maximum Gasteiger partial charge on any atom is 0.230 e. The number of aryl methyl sites for hydroxylation is 2. The SMILES string of the molecule is C=CCn1c(SCC(=O)N[C@@H]2CCCc3ccccc32)nnc1-c1occc1C. The highest BCUT2D eigenvalue weighted by Crippen LogP contribution is 2.30. The number of aromatic nitrogens is 3. The molecule has 1 aromatic carbocycles. The number of hydrogen-bond acceptors (Lipinski definition) is 5. The van der Waals surface area contributed by atoms with E-state index in [0.717, 1.165) is 24.8 Å².